The van der Waals surface area contributed by atoms with Crippen LogP contribution in [0.25, 0.3) is 0 Å². The van der Waals surface area contributed by atoms with Crippen molar-refractivity contribution in [2.45, 2.75) is 44.4 Å². The van der Waals surface area contributed by atoms with Crippen LogP contribution < -0.4 is 4.74 Å². The third-order valence-corrected chi connectivity index (χ3v) is 6.41. The van der Waals surface area contributed by atoms with Crippen LogP contribution >= 0.6 is 31.9 Å². The Bertz CT molecular complexity index is 445. The van der Waals surface area contributed by atoms with Gasteiger partial charge in [0.1, 0.15) is 5.75 Å². The van der Waals surface area contributed by atoms with E-state index in [1.54, 1.807) is 7.11 Å². The Balaban J connectivity index is 2.05. The molecular weight excluding hydrogens is 380 g/mol. The quantitative estimate of drug-likeness (QED) is 0.574. The van der Waals surface area contributed by atoms with E-state index in [4.69, 9.17) is 4.74 Å². The second-order valence-electron chi connectivity index (χ2n) is 6.27. The van der Waals surface area contributed by atoms with Crippen molar-refractivity contribution < 1.29 is 4.74 Å². The number of ether oxygens (including phenoxy) is 1. The highest BCUT2D eigenvalue weighted by Crippen LogP contribution is 2.39. The Morgan fingerprint density at radius 2 is 2.05 bits per heavy atom. The number of methoxy groups -OCH3 is 1. The molecule has 0 heterocycles. The van der Waals surface area contributed by atoms with Gasteiger partial charge in [-0.3, -0.25) is 0 Å². The van der Waals surface area contributed by atoms with Gasteiger partial charge in [-0.1, -0.05) is 35.8 Å². The van der Waals surface area contributed by atoms with E-state index in [9.17, 15) is 0 Å². The van der Waals surface area contributed by atoms with E-state index in [1.165, 1.54) is 24.8 Å². The fourth-order valence-electron chi connectivity index (χ4n) is 3.22. The lowest BCUT2D eigenvalue weighted by molar-refractivity contribution is 0.222. The molecule has 0 aromatic heterocycles. The topological polar surface area (TPSA) is 9.23 Å². The first kappa shape index (κ1) is 16.4. The highest BCUT2D eigenvalue weighted by atomic mass is 79.9. The van der Waals surface area contributed by atoms with Gasteiger partial charge in [-0.25, -0.2) is 0 Å². The third-order valence-electron chi connectivity index (χ3n) is 4.59. The SMILES string of the molecule is COc1ccc(CC2CC(C(C)C)CCC2Br)cc1Br. The van der Waals surface area contributed by atoms with Crippen molar-refractivity contribution in [2.75, 3.05) is 7.11 Å². The molecule has 3 unspecified atom stereocenters. The maximum Gasteiger partial charge on any atom is 0.133 e. The number of halogens is 2. The average Bonchev–Trinajstić information content (AvgIpc) is 2.41. The van der Waals surface area contributed by atoms with Gasteiger partial charge in [0.25, 0.3) is 0 Å². The van der Waals surface area contributed by atoms with Crippen molar-refractivity contribution in [3.63, 3.8) is 0 Å². The molecule has 1 nitrogen and oxygen atoms in total. The summed E-state index contributed by atoms with van der Waals surface area (Å²) in [4.78, 5) is 0.665. The minimum Gasteiger partial charge on any atom is -0.496 e. The molecule has 1 fully saturated rings. The molecule has 0 aliphatic heterocycles. The zero-order valence-corrected chi connectivity index (χ0v) is 15.7. The normalized spacial score (nSPS) is 26.8. The predicted octanol–water partition coefficient (Wildman–Crippen LogP) is 5.84. The molecular formula is C17H24Br2O. The van der Waals surface area contributed by atoms with Crippen molar-refractivity contribution in [1.29, 1.82) is 0 Å². The molecule has 1 saturated carbocycles. The first-order chi connectivity index (χ1) is 9.51. The fraction of sp³-hybridized carbons (Fsp3) is 0.647. The maximum absolute atomic E-state index is 5.30. The fourth-order valence-corrected chi connectivity index (χ4v) is 4.47. The van der Waals surface area contributed by atoms with Crippen molar-refractivity contribution >= 4 is 31.9 Å². The van der Waals surface area contributed by atoms with Crippen LogP contribution in [-0.4, -0.2) is 11.9 Å². The van der Waals surface area contributed by atoms with E-state index in [0.29, 0.717) is 4.83 Å². The summed E-state index contributed by atoms with van der Waals surface area (Å²) in [5.74, 6) is 3.35. The zero-order chi connectivity index (χ0) is 14.7. The summed E-state index contributed by atoms with van der Waals surface area (Å²) >= 11 is 7.48. The van der Waals surface area contributed by atoms with Crippen LogP contribution in [0.5, 0.6) is 5.75 Å². The summed E-state index contributed by atoms with van der Waals surface area (Å²) in [5, 5.41) is 0. The lowest BCUT2D eigenvalue weighted by Crippen LogP contribution is -2.29. The number of hydrogen-bond donors (Lipinski definition) is 0. The van der Waals surface area contributed by atoms with E-state index in [2.05, 4.69) is 63.9 Å². The van der Waals surface area contributed by atoms with Gasteiger partial charge in [-0.15, -0.1) is 0 Å². The highest BCUT2D eigenvalue weighted by molar-refractivity contribution is 9.10. The van der Waals surface area contributed by atoms with Crippen molar-refractivity contribution in [1.82, 2.24) is 0 Å². The maximum atomic E-state index is 5.30. The van der Waals surface area contributed by atoms with Gasteiger partial charge < -0.3 is 4.74 Å². The monoisotopic (exact) mass is 402 g/mol. The van der Waals surface area contributed by atoms with Gasteiger partial charge in [-0.05, 0) is 77.1 Å². The van der Waals surface area contributed by atoms with Crippen LogP contribution in [0.3, 0.4) is 0 Å². The lowest BCUT2D eigenvalue weighted by Gasteiger charge is -2.35. The Labute approximate surface area is 139 Å². The van der Waals surface area contributed by atoms with Crippen molar-refractivity contribution in [3.8, 4) is 5.75 Å². The van der Waals surface area contributed by atoms with Crippen molar-refractivity contribution in [3.05, 3.63) is 28.2 Å². The summed E-state index contributed by atoms with van der Waals surface area (Å²) in [5.41, 5.74) is 1.40. The van der Waals surface area contributed by atoms with Gasteiger partial charge >= 0.3 is 0 Å². The molecule has 1 aliphatic carbocycles. The molecule has 3 atom stereocenters. The molecule has 0 amide bonds. The number of rotatable bonds is 4. The summed E-state index contributed by atoms with van der Waals surface area (Å²) in [6, 6.07) is 6.46. The standard InChI is InChI=1S/C17H24Br2O/c1-11(2)13-5-6-15(18)14(10-13)8-12-4-7-17(20-3)16(19)9-12/h4,7,9,11,13-15H,5-6,8,10H2,1-3H3. The molecule has 1 aromatic rings. The first-order valence-corrected chi connectivity index (χ1v) is 9.18. The Morgan fingerprint density at radius 1 is 1.30 bits per heavy atom. The molecule has 0 N–H and O–H groups in total. The van der Waals surface area contributed by atoms with Gasteiger partial charge in [0, 0.05) is 4.83 Å². The lowest BCUT2D eigenvalue weighted by atomic mass is 9.74. The summed E-state index contributed by atoms with van der Waals surface area (Å²) in [6.45, 7) is 4.72. The molecule has 1 aromatic carbocycles. The molecule has 0 bridgehead atoms. The smallest absolute Gasteiger partial charge is 0.133 e. The Kier molecular flexibility index (Phi) is 5.97. The molecule has 1 aliphatic rings. The summed E-state index contributed by atoms with van der Waals surface area (Å²) in [6.07, 6.45) is 5.18. The zero-order valence-electron chi connectivity index (χ0n) is 12.5. The molecule has 20 heavy (non-hydrogen) atoms. The second kappa shape index (κ2) is 7.31. The minimum atomic E-state index is 0.665. The van der Waals surface area contributed by atoms with E-state index >= 15 is 0 Å². The predicted molar refractivity (Wildman–Crippen MR) is 92.8 cm³/mol. The Hall–Kier alpha value is -0.0200. The largest absolute Gasteiger partial charge is 0.496 e. The van der Waals surface area contributed by atoms with E-state index in [-0.39, 0.29) is 0 Å². The van der Waals surface area contributed by atoms with Crippen LogP contribution in [0.15, 0.2) is 22.7 Å². The van der Waals surface area contributed by atoms with Crippen molar-refractivity contribution in [2.24, 2.45) is 17.8 Å². The third kappa shape index (κ3) is 4.00. The number of benzene rings is 1. The Morgan fingerprint density at radius 3 is 2.65 bits per heavy atom. The van der Waals surface area contributed by atoms with E-state index in [0.717, 1.165) is 34.4 Å². The molecule has 112 valence electrons. The molecule has 0 saturated heterocycles. The van der Waals surface area contributed by atoms with Gasteiger partial charge in [0.05, 0.1) is 11.6 Å². The van der Waals surface area contributed by atoms with Crippen LogP contribution in [0.4, 0.5) is 0 Å². The van der Waals surface area contributed by atoms with E-state index < -0.39 is 0 Å². The summed E-state index contributed by atoms with van der Waals surface area (Å²) < 4.78 is 6.36. The van der Waals surface area contributed by atoms with Crippen LogP contribution in [0.2, 0.25) is 0 Å². The van der Waals surface area contributed by atoms with Gasteiger partial charge in [-0.2, -0.15) is 0 Å². The summed E-state index contributed by atoms with van der Waals surface area (Å²) in [7, 11) is 1.71. The molecule has 0 radical (unpaired) electrons. The van der Waals surface area contributed by atoms with Gasteiger partial charge in [0.15, 0.2) is 0 Å². The first-order valence-electron chi connectivity index (χ1n) is 7.47. The number of hydrogen-bond acceptors (Lipinski definition) is 1. The van der Waals surface area contributed by atoms with E-state index in [1.807, 2.05) is 0 Å². The highest BCUT2D eigenvalue weighted by Gasteiger charge is 2.30. The average molecular weight is 404 g/mol. The van der Waals surface area contributed by atoms with Gasteiger partial charge in [0.2, 0.25) is 0 Å². The second-order valence-corrected chi connectivity index (χ2v) is 8.30. The van der Waals surface area contributed by atoms with Crippen LogP contribution in [0, 0.1) is 17.8 Å². The van der Waals surface area contributed by atoms with Crippen LogP contribution in [-0.2, 0) is 6.42 Å². The molecule has 3 heteroatoms. The molecule has 2 rings (SSSR count). The van der Waals surface area contributed by atoms with Crippen LogP contribution in [0.1, 0.15) is 38.7 Å². The minimum absolute atomic E-state index is 0.665. The number of alkyl halides is 1. The molecule has 0 spiro atoms.